The monoisotopic (exact) mass is 248 g/mol. The van der Waals surface area contributed by atoms with E-state index in [0.717, 1.165) is 12.8 Å². The van der Waals surface area contributed by atoms with Crippen LogP contribution in [-0.2, 0) is 0 Å². The Kier molecular flexibility index (Phi) is 6.54. The van der Waals surface area contributed by atoms with E-state index in [-0.39, 0.29) is 11.3 Å². The molecule has 0 spiro atoms. The maximum atomic E-state index is 11.6. The molecule has 0 saturated carbocycles. The highest BCUT2D eigenvalue weighted by atomic mass is 16.3. The Morgan fingerprint density at radius 1 is 1.33 bits per heavy atom. The van der Waals surface area contributed by atoms with Gasteiger partial charge in [-0.15, -0.1) is 0 Å². The second-order valence-electron chi connectivity index (χ2n) is 4.12. The smallest absolute Gasteiger partial charge is 0.275 e. The highest BCUT2D eigenvalue weighted by Crippen LogP contribution is 2.14. The standard InChI is InChI=1S/C14H20N2O2/c1-2-3-4-5-8-11-15-16-14(18)12-9-6-7-10-13(12)17/h6-7,9-11,17H,2-5,8H2,1H3,(H,16,18)/b15-11+. The molecule has 1 aromatic carbocycles. The average Bonchev–Trinajstić information content (AvgIpc) is 2.38. The largest absolute Gasteiger partial charge is 0.507 e. The lowest BCUT2D eigenvalue weighted by Crippen LogP contribution is -2.17. The summed E-state index contributed by atoms with van der Waals surface area (Å²) in [5, 5.41) is 13.3. The Balaban J connectivity index is 2.29. The zero-order chi connectivity index (χ0) is 13.2. The quantitative estimate of drug-likeness (QED) is 0.442. The second-order valence-corrected chi connectivity index (χ2v) is 4.12. The summed E-state index contributed by atoms with van der Waals surface area (Å²) in [5.74, 6) is -0.425. The van der Waals surface area contributed by atoms with Gasteiger partial charge in [0.1, 0.15) is 5.75 Å². The Morgan fingerprint density at radius 3 is 2.83 bits per heavy atom. The van der Waals surface area contributed by atoms with E-state index in [1.807, 2.05) is 0 Å². The van der Waals surface area contributed by atoms with Gasteiger partial charge in [-0.1, -0.05) is 38.3 Å². The molecule has 1 rings (SSSR count). The molecule has 1 aromatic rings. The summed E-state index contributed by atoms with van der Waals surface area (Å²) in [6, 6.07) is 6.40. The minimum Gasteiger partial charge on any atom is -0.507 e. The van der Waals surface area contributed by atoms with Crippen LogP contribution in [0.4, 0.5) is 0 Å². The van der Waals surface area contributed by atoms with Gasteiger partial charge >= 0.3 is 0 Å². The molecular weight excluding hydrogens is 228 g/mol. The van der Waals surface area contributed by atoms with Crippen LogP contribution >= 0.6 is 0 Å². The Hall–Kier alpha value is -1.84. The first-order valence-corrected chi connectivity index (χ1v) is 6.35. The van der Waals surface area contributed by atoms with Gasteiger partial charge in [0, 0.05) is 6.21 Å². The lowest BCUT2D eigenvalue weighted by molar-refractivity contribution is 0.0952. The highest BCUT2D eigenvalue weighted by Gasteiger charge is 2.08. The Labute approximate surface area is 108 Å². The molecule has 0 saturated heterocycles. The molecule has 0 radical (unpaired) electrons. The number of unbranched alkanes of at least 4 members (excludes halogenated alkanes) is 4. The maximum Gasteiger partial charge on any atom is 0.275 e. The van der Waals surface area contributed by atoms with Crippen molar-refractivity contribution in [3.05, 3.63) is 29.8 Å². The van der Waals surface area contributed by atoms with Gasteiger partial charge < -0.3 is 5.11 Å². The topological polar surface area (TPSA) is 61.7 Å². The molecule has 0 heterocycles. The normalized spacial score (nSPS) is 10.7. The van der Waals surface area contributed by atoms with Crippen molar-refractivity contribution in [1.29, 1.82) is 0 Å². The number of phenols is 1. The molecular formula is C14H20N2O2. The molecule has 0 aliphatic rings. The Morgan fingerprint density at radius 2 is 2.11 bits per heavy atom. The van der Waals surface area contributed by atoms with Crippen LogP contribution in [0.15, 0.2) is 29.4 Å². The predicted octanol–water partition coefficient (Wildman–Crippen LogP) is 3.08. The first-order valence-electron chi connectivity index (χ1n) is 6.35. The molecule has 4 nitrogen and oxygen atoms in total. The van der Waals surface area contributed by atoms with Crippen LogP contribution in [0.25, 0.3) is 0 Å². The van der Waals surface area contributed by atoms with Gasteiger partial charge in [-0.3, -0.25) is 4.79 Å². The van der Waals surface area contributed by atoms with Crippen LogP contribution < -0.4 is 5.43 Å². The molecule has 0 atom stereocenters. The van der Waals surface area contributed by atoms with Crippen LogP contribution in [0.1, 0.15) is 49.4 Å². The van der Waals surface area contributed by atoms with Crippen LogP contribution in [0.3, 0.4) is 0 Å². The molecule has 0 unspecified atom stereocenters. The van der Waals surface area contributed by atoms with Crippen LogP contribution in [0.2, 0.25) is 0 Å². The number of hydrazone groups is 1. The Bertz CT molecular complexity index is 403. The number of para-hydroxylation sites is 1. The van der Waals surface area contributed by atoms with E-state index in [9.17, 15) is 9.90 Å². The van der Waals surface area contributed by atoms with Gasteiger partial charge in [0.25, 0.3) is 5.91 Å². The van der Waals surface area contributed by atoms with Crippen LogP contribution in [0.5, 0.6) is 5.75 Å². The van der Waals surface area contributed by atoms with Crippen LogP contribution in [-0.4, -0.2) is 17.2 Å². The molecule has 4 heteroatoms. The third-order valence-electron chi connectivity index (χ3n) is 2.59. The molecule has 18 heavy (non-hydrogen) atoms. The van der Waals surface area contributed by atoms with Gasteiger partial charge in [0.05, 0.1) is 5.56 Å². The van der Waals surface area contributed by atoms with E-state index in [2.05, 4.69) is 17.5 Å². The zero-order valence-corrected chi connectivity index (χ0v) is 10.7. The number of carbonyl (C=O) groups is 1. The van der Waals surface area contributed by atoms with Crippen molar-refractivity contribution >= 4 is 12.1 Å². The minimum atomic E-state index is -0.391. The van der Waals surface area contributed by atoms with E-state index < -0.39 is 5.91 Å². The minimum absolute atomic E-state index is 0.0341. The second kappa shape index (κ2) is 8.28. The lowest BCUT2D eigenvalue weighted by Gasteiger charge is -2.01. The molecule has 0 bridgehead atoms. The van der Waals surface area contributed by atoms with Crippen molar-refractivity contribution in [2.45, 2.75) is 39.0 Å². The van der Waals surface area contributed by atoms with Crippen molar-refractivity contribution in [2.24, 2.45) is 5.10 Å². The zero-order valence-electron chi connectivity index (χ0n) is 10.7. The molecule has 98 valence electrons. The average molecular weight is 248 g/mol. The molecule has 0 aromatic heterocycles. The molecule has 0 fully saturated rings. The third kappa shape index (κ3) is 4.99. The van der Waals surface area contributed by atoms with Crippen molar-refractivity contribution in [3.63, 3.8) is 0 Å². The predicted molar refractivity (Wildman–Crippen MR) is 72.8 cm³/mol. The summed E-state index contributed by atoms with van der Waals surface area (Å²) in [4.78, 5) is 11.6. The lowest BCUT2D eigenvalue weighted by atomic mass is 10.2. The molecule has 0 aliphatic heterocycles. The summed E-state index contributed by atoms with van der Waals surface area (Å²) < 4.78 is 0. The van der Waals surface area contributed by atoms with Gasteiger partial charge in [-0.25, -0.2) is 5.43 Å². The van der Waals surface area contributed by atoms with Gasteiger partial charge in [-0.05, 0) is 25.0 Å². The first kappa shape index (κ1) is 14.2. The van der Waals surface area contributed by atoms with Gasteiger partial charge in [0.2, 0.25) is 0 Å². The SMILES string of the molecule is CCCCCC/C=N/NC(=O)c1ccccc1O. The number of amides is 1. The fourth-order valence-electron chi connectivity index (χ4n) is 1.56. The number of nitrogens with zero attached hydrogens (tertiary/aromatic N) is 1. The van der Waals surface area contributed by atoms with E-state index in [1.54, 1.807) is 24.4 Å². The van der Waals surface area contributed by atoms with Gasteiger partial charge in [-0.2, -0.15) is 5.10 Å². The fraction of sp³-hybridized carbons (Fsp3) is 0.429. The highest BCUT2D eigenvalue weighted by molar-refractivity contribution is 5.96. The van der Waals surface area contributed by atoms with E-state index in [0.29, 0.717) is 0 Å². The summed E-state index contributed by atoms with van der Waals surface area (Å²) in [7, 11) is 0. The summed E-state index contributed by atoms with van der Waals surface area (Å²) in [6.07, 6.45) is 7.29. The molecule has 2 N–H and O–H groups in total. The number of rotatable bonds is 7. The van der Waals surface area contributed by atoms with E-state index in [4.69, 9.17) is 0 Å². The number of nitrogens with one attached hydrogen (secondary N) is 1. The number of hydrogen-bond acceptors (Lipinski definition) is 3. The van der Waals surface area contributed by atoms with Crippen LogP contribution in [0, 0.1) is 0 Å². The molecule has 1 amide bonds. The number of benzene rings is 1. The summed E-state index contributed by atoms with van der Waals surface area (Å²) >= 11 is 0. The first-order chi connectivity index (χ1) is 8.75. The van der Waals surface area contributed by atoms with Crippen molar-refractivity contribution < 1.29 is 9.90 Å². The third-order valence-corrected chi connectivity index (χ3v) is 2.59. The number of aromatic hydroxyl groups is 1. The number of carbonyl (C=O) groups excluding carboxylic acids is 1. The fourth-order valence-corrected chi connectivity index (χ4v) is 1.56. The van der Waals surface area contributed by atoms with Crippen molar-refractivity contribution in [3.8, 4) is 5.75 Å². The van der Waals surface area contributed by atoms with Gasteiger partial charge in [0.15, 0.2) is 0 Å². The summed E-state index contributed by atoms with van der Waals surface area (Å²) in [6.45, 7) is 2.17. The van der Waals surface area contributed by atoms with E-state index in [1.165, 1.54) is 25.3 Å². The van der Waals surface area contributed by atoms with E-state index >= 15 is 0 Å². The maximum absolute atomic E-state index is 11.6. The van der Waals surface area contributed by atoms with Crippen molar-refractivity contribution in [1.82, 2.24) is 5.43 Å². The van der Waals surface area contributed by atoms with Crippen molar-refractivity contribution in [2.75, 3.05) is 0 Å². The summed E-state index contributed by atoms with van der Waals surface area (Å²) in [5.41, 5.74) is 2.64. The number of hydrogen-bond donors (Lipinski definition) is 2. The molecule has 0 aliphatic carbocycles. The number of phenolic OH excluding ortho intramolecular Hbond substituents is 1.